The molecule has 6 heteroatoms. The van der Waals surface area contributed by atoms with E-state index in [1.807, 2.05) is 0 Å². The van der Waals surface area contributed by atoms with E-state index >= 15 is 0 Å². The molecule has 0 aliphatic rings. The summed E-state index contributed by atoms with van der Waals surface area (Å²) < 4.78 is 9.46. The summed E-state index contributed by atoms with van der Waals surface area (Å²) in [5.74, 6) is -0.167. The van der Waals surface area contributed by atoms with Crippen LogP contribution in [0.25, 0.3) is 0 Å². The van der Waals surface area contributed by atoms with E-state index in [2.05, 4.69) is 10.1 Å². The fourth-order valence-corrected chi connectivity index (χ4v) is 1.62. The number of methoxy groups -OCH3 is 2. The highest BCUT2D eigenvalue weighted by Gasteiger charge is 2.09. The standard InChI is InChI=1S/C15H19NO5/c1-20-13-6-3-11(4-7-13)9-14(18)16-10-12(17)5-8-15(19)21-2/h3-4,6-7H,5,8-10H2,1-2H3,(H,16,18). The lowest BCUT2D eigenvalue weighted by atomic mass is 10.1. The number of carbonyl (C=O) groups is 3. The summed E-state index contributed by atoms with van der Waals surface area (Å²) in [5, 5.41) is 2.53. The summed E-state index contributed by atoms with van der Waals surface area (Å²) in [7, 11) is 2.84. The Kier molecular flexibility index (Phi) is 6.94. The fourth-order valence-electron chi connectivity index (χ4n) is 1.62. The van der Waals surface area contributed by atoms with E-state index in [4.69, 9.17) is 4.74 Å². The number of amides is 1. The molecule has 0 bridgehead atoms. The van der Waals surface area contributed by atoms with E-state index in [9.17, 15) is 14.4 Å². The zero-order valence-electron chi connectivity index (χ0n) is 12.2. The van der Waals surface area contributed by atoms with Crippen molar-refractivity contribution in [3.05, 3.63) is 29.8 Å². The van der Waals surface area contributed by atoms with Gasteiger partial charge in [0.25, 0.3) is 0 Å². The summed E-state index contributed by atoms with van der Waals surface area (Å²) in [6, 6.07) is 7.11. The number of carbonyl (C=O) groups excluding carboxylic acids is 3. The second kappa shape index (κ2) is 8.73. The smallest absolute Gasteiger partial charge is 0.305 e. The second-order valence-electron chi connectivity index (χ2n) is 4.42. The first-order valence-electron chi connectivity index (χ1n) is 6.53. The number of ether oxygens (including phenoxy) is 2. The molecule has 21 heavy (non-hydrogen) atoms. The average Bonchev–Trinajstić information content (AvgIpc) is 2.51. The molecule has 1 aromatic carbocycles. The molecule has 0 saturated carbocycles. The van der Waals surface area contributed by atoms with Crippen LogP contribution >= 0.6 is 0 Å². The first-order valence-corrected chi connectivity index (χ1v) is 6.53. The molecule has 0 unspecified atom stereocenters. The number of Topliss-reactive ketones (excluding diaryl/α,β-unsaturated/α-hetero) is 1. The molecule has 1 aromatic rings. The van der Waals surface area contributed by atoms with Gasteiger partial charge >= 0.3 is 5.97 Å². The van der Waals surface area contributed by atoms with E-state index in [1.54, 1.807) is 31.4 Å². The van der Waals surface area contributed by atoms with Gasteiger partial charge in [0, 0.05) is 6.42 Å². The third-order valence-electron chi connectivity index (χ3n) is 2.84. The molecule has 6 nitrogen and oxygen atoms in total. The number of hydrogen-bond donors (Lipinski definition) is 1. The second-order valence-corrected chi connectivity index (χ2v) is 4.42. The molecule has 1 rings (SSSR count). The zero-order valence-corrected chi connectivity index (χ0v) is 12.2. The SMILES string of the molecule is COC(=O)CCC(=O)CNC(=O)Cc1ccc(OC)cc1. The summed E-state index contributed by atoms with van der Waals surface area (Å²) >= 11 is 0. The van der Waals surface area contributed by atoms with E-state index in [-0.39, 0.29) is 37.5 Å². The normalized spacial score (nSPS) is 9.81. The third kappa shape index (κ3) is 6.56. The number of rotatable bonds is 8. The monoisotopic (exact) mass is 293 g/mol. The van der Waals surface area contributed by atoms with Gasteiger partial charge in [0.2, 0.25) is 5.91 Å². The van der Waals surface area contributed by atoms with Crippen LogP contribution in [0, 0.1) is 0 Å². The number of nitrogens with one attached hydrogen (secondary N) is 1. The van der Waals surface area contributed by atoms with Crippen molar-refractivity contribution >= 4 is 17.7 Å². The first-order chi connectivity index (χ1) is 10.0. The molecule has 114 valence electrons. The topological polar surface area (TPSA) is 81.7 Å². The van der Waals surface area contributed by atoms with Crippen molar-refractivity contribution in [2.45, 2.75) is 19.3 Å². The van der Waals surface area contributed by atoms with Crippen LogP contribution < -0.4 is 10.1 Å². The lowest BCUT2D eigenvalue weighted by Crippen LogP contribution is -2.30. The molecule has 0 heterocycles. The number of benzene rings is 1. The van der Waals surface area contributed by atoms with Crippen molar-refractivity contribution in [2.75, 3.05) is 20.8 Å². The highest BCUT2D eigenvalue weighted by atomic mass is 16.5. The van der Waals surface area contributed by atoms with Crippen molar-refractivity contribution in [1.29, 1.82) is 0 Å². The zero-order chi connectivity index (χ0) is 15.7. The maximum Gasteiger partial charge on any atom is 0.305 e. The molecule has 1 N–H and O–H groups in total. The predicted octanol–water partition coefficient (Wildman–Crippen LogP) is 0.876. The lowest BCUT2D eigenvalue weighted by Gasteiger charge is -2.05. The Morgan fingerprint density at radius 1 is 1.05 bits per heavy atom. The van der Waals surface area contributed by atoms with Crippen molar-refractivity contribution in [1.82, 2.24) is 5.32 Å². The molecular formula is C15H19NO5. The molecule has 1 amide bonds. The minimum atomic E-state index is -0.437. The van der Waals surface area contributed by atoms with Crippen LogP contribution in [0.1, 0.15) is 18.4 Å². The minimum absolute atomic E-state index is 0.0314. The van der Waals surface area contributed by atoms with Gasteiger partial charge in [-0.2, -0.15) is 0 Å². The summed E-state index contributed by atoms with van der Waals surface area (Å²) in [4.78, 5) is 34.0. The van der Waals surface area contributed by atoms with Crippen LogP contribution in [0.2, 0.25) is 0 Å². The van der Waals surface area contributed by atoms with Gasteiger partial charge in [-0.15, -0.1) is 0 Å². The van der Waals surface area contributed by atoms with E-state index in [0.717, 1.165) is 11.3 Å². The first kappa shape index (κ1) is 16.7. The van der Waals surface area contributed by atoms with Crippen molar-refractivity contribution < 1.29 is 23.9 Å². The highest BCUT2D eigenvalue weighted by molar-refractivity contribution is 5.88. The van der Waals surface area contributed by atoms with Crippen LogP contribution in [0.4, 0.5) is 0 Å². The van der Waals surface area contributed by atoms with Crippen LogP contribution in [0.3, 0.4) is 0 Å². The van der Waals surface area contributed by atoms with Gasteiger partial charge < -0.3 is 14.8 Å². The maximum atomic E-state index is 11.7. The lowest BCUT2D eigenvalue weighted by molar-refractivity contribution is -0.141. The fraction of sp³-hybridized carbons (Fsp3) is 0.400. The Labute approximate surface area is 123 Å². The summed E-state index contributed by atoms with van der Waals surface area (Å²) in [6.45, 7) is -0.0774. The van der Waals surface area contributed by atoms with E-state index in [1.165, 1.54) is 7.11 Å². The molecule has 0 aromatic heterocycles. The third-order valence-corrected chi connectivity index (χ3v) is 2.84. The van der Waals surface area contributed by atoms with Crippen molar-refractivity contribution in [2.24, 2.45) is 0 Å². The molecule has 0 radical (unpaired) electrons. The molecule has 0 saturated heterocycles. The van der Waals surface area contributed by atoms with E-state index < -0.39 is 5.97 Å². The van der Waals surface area contributed by atoms with Gasteiger partial charge in [-0.1, -0.05) is 12.1 Å². The molecule has 0 spiro atoms. The Hall–Kier alpha value is -2.37. The number of ketones is 1. The largest absolute Gasteiger partial charge is 0.497 e. The van der Waals surface area contributed by atoms with Crippen molar-refractivity contribution in [3.8, 4) is 5.75 Å². The minimum Gasteiger partial charge on any atom is -0.497 e. The molecular weight excluding hydrogens is 274 g/mol. The average molecular weight is 293 g/mol. The van der Waals surface area contributed by atoms with Crippen LogP contribution in [0.5, 0.6) is 5.75 Å². The van der Waals surface area contributed by atoms with Gasteiger partial charge in [0.15, 0.2) is 5.78 Å². The van der Waals surface area contributed by atoms with Gasteiger partial charge in [0.05, 0.1) is 33.6 Å². The number of esters is 1. The molecule has 0 aliphatic carbocycles. The van der Waals surface area contributed by atoms with E-state index in [0.29, 0.717) is 0 Å². The Balaban J connectivity index is 2.29. The quantitative estimate of drug-likeness (QED) is 0.719. The molecule has 0 aliphatic heterocycles. The summed E-state index contributed by atoms with van der Waals surface area (Å²) in [6.07, 6.45) is 0.285. The summed E-state index contributed by atoms with van der Waals surface area (Å²) in [5.41, 5.74) is 0.829. The highest BCUT2D eigenvalue weighted by Crippen LogP contribution is 2.11. The number of hydrogen-bond acceptors (Lipinski definition) is 5. The van der Waals surface area contributed by atoms with Crippen molar-refractivity contribution in [3.63, 3.8) is 0 Å². The molecule has 0 fully saturated rings. The van der Waals surface area contributed by atoms with Crippen LogP contribution in [-0.2, 0) is 25.5 Å². The van der Waals surface area contributed by atoms with Crippen LogP contribution in [0.15, 0.2) is 24.3 Å². The Morgan fingerprint density at radius 3 is 2.29 bits per heavy atom. The van der Waals surface area contributed by atoms with Gasteiger partial charge in [-0.3, -0.25) is 14.4 Å². The molecule has 0 atom stereocenters. The van der Waals surface area contributed by atoms with Gasteiger partial charge in [-0.05, 0) is 17.7 Å². The van der Waals surface area contributed by atoms with Crippen LogP contribution in [-0.4, -0.2) is 38.4 Å². The Bertz CT molecular complexity index is 495. The maximum absolute atomic E-state index is 11.7. The van der Waals surface area contributed by atoms with Gasteiger partial charge in [-0.25, -0.2) is 0 Å². The predicted molar refractivity (Wildman–Crippen MR) is 76.0 cm³/mol. The Morgan fingerprint density at radius 2 is 1.71 bits per heavy atom. The van der Waals surface area contributed by atoms with Gasteiger partial charge in [0.1, 0.15) is 5.75 Å².